The molecule has 3 rings (SSSR count). The fraction of sp³-hybridized carbons (Fsp3) is 0.217. The number of aliphatic hydroxyl groups is 1. The van der Waals surface area contributed by atoms with Crippen LogP contribution in [0.3, 0.4) is 0 Å². The van der Waals surface area contributed by atoms with E-state index in [0.29, 0.717) is 23.4 Å². The summed E-state index contributed by atoms with van der Waals surface area (Å²) in [5.74, 6) is -0.624. The van der Waals surface area contributed by atoms with E-state index in [1.54, 1.807) is 36.5 Å². The summed E-state index contributed by atoms with van der Waals surface area (Å²) in [5, 5.41) is 13.4. The van der Waals surface area contributed by atoms with Crippen LogP contribution in [0, 0.1) is 5.82 Å². The molecule has 2 aromatic carbocycles. The summed E-state index contributed by atoms with van der Waals surface area (Å²) in [7, 11) is 0. The normalized spacial score (nSPS) is 12.9. The Kier molecular flexibility index (Phi) is 7.05. The number of halogens is 1. The maximum atomic E-state index is 13.8. The summed E-state index contributed by atoms with van der Waals surface area (Å²) >= 11 is 0. The van der Waals surface area contributed by atoms with Crippen LogP contribution in [-0.2, 0) is 19.4 Å². The van der Waals surface area contributed by atoms with Gasteiger partial charge < -0.3 is 16.2 Å². The van der Waals surface area contributed by atoms with E-state index in [9.17, 15) is 14.3 Å². The highest BCUT2D eigenvalue weighted by molar-refractivity contribution is 5.95. The Hall–Kier alpha value is -3.09. The molecule has 0 saturated heterocycles. The van der Waals surface area contributed by atoms with Crippen LogP contribution in [0.4, 0.5) is 4.39 Å². The lowest BCUT2D eigenvalue weighted by atomic mass is 9.97. The fourth-order valence-electron chi connectivity index (χ4n) is 3.08. The Morgan fingerprint density at radius 1 is 1.03 bits per heavy atom. The third kappa shape index (κ3) is 5.70. The number of carbonyl (C=O) groups excluding carboxylic acids is 1. The first-order valence-corrected chi connectivity index (χ1v) is 9.47. The minimum Gasteiger partial charge on any atom is -0.391 e. The molecule has 2 atom stereocenters. The average Bonchev–Trinajstić information content (AvgIpc) is 2.74. The highest BCUT2D eigenvalue weighted by Gasteiger charge is 2.21. The zero-order valence-electron chi connectivity index (χ0n) is 16.0. The largest absolute Gasteiger partial charge is 0.391 e. The number of carbonyl (C=O) groups is 1. The summed E-state index contributed by atoms with van der Waals surface area (Å²) in [6.45, 7) is 0.392. The molecule has 0 fully saturated rings. The van der Waals surface area contributed by atoms with Gasteiger partial charge >= 0.3 is 0 Å². The van der Waals surface area contributed by atoms with Crippen molar-refractivity contribution < 1.29 is 14.3 Å². The number of amides is 1. The molecule has 3 aromatic rings. The molecule has 1 heterocycles. The van der Waals surface area contributed by atoms with Gasteiger partial charge in [0.05, 0.1) is 17.4 Å². The standard InChI is InChI=1S/C23H24FN3O2/c24-19-11-5-4-9-17(19)13-20(25)22(28)14-21-18(10-6-12-26-21)23(29)27-15-16-7-2-1-3-8-16/h1-12,20,22,28H,13-15,25H2,(H,27,29). The molecule has 0 aliphatic carbocycles. The van der Waals surface area contributed by atoms with Gasteiger partial charge in [0.15, 0.2) is 0 Å². The number of benzene rings is 2. The lowest BCUT2D eigenvalue weighted by molar-refractivity contribution is 0.0947. The molecule has 0 spiro atoms. The second-order valence-corrected chi connectivity index (χ2v) is 6.90. The lowest BCUT2D eigenvalue weighted by Crippen LogP contribution is -2.39. The molecule has 0 aliphatic rings. The van der Waals surface area contributed by atoms with E-state index in [2.05, 4.69) is 10.3 Å². The number of aliphatic hydroxyl groups excluding tert-OH is 1. The Morgan fingerprint density at radius 2 is 1.76 bits per heavy atom. The maximum Gasteiger partial charge on any atom is 0.253 e. The van der Waals surface area contributed by atoms with Gasteiger partial charge in [0.1, 0.15) is 5.82 Å². The summed E-state index contributed by atoms with van der Waals surface area (Å²) in [4.78, 5) is 16.9. The molecule has 1 amide bonds. The Labute approximate surface area is 169 Å². The first-order valence-electron chi connectivity index (χ1n) is 9.47. The van der Waals surface area contributed by atoms with Crippen molar-refractivity contribution in [1.82, 2.24) is 10.3 Å². The van der Waals surface area contributed by atoms with Crippen molar-refractivity contribution in [2.24, 2.45) is 5.73 Å². The average molecular weight is 393 g/mol. The van der Waals surface area contributed by atoms with E-state index >= 15 is 0 Å². The number of aromatic nitrogens is 1. The maximum absolute atomic E-state index is 13.8. The van der Waals surface area contributed by atoms with Crippen LogP contribution >= 0.6 is 0 Å². The van der Waals surface area contributed by atoms with Crippen molar-refractivity contribution >= 4 is 5.91 Å². The molecule has 0 saturated carbocycles. The van der Waals surface area contributed by atoms with Crippen molar-refractivity contribution in [3.05, 3.63) is 101 Å². The minimum atomic E-state index is -0.967. The van der Waals surface area contributed by atoms with Gasteiger partial charge in [-0.1, -0.05) is 48.5 Å². The van der Waals surface area contributed by atoms with Gasteiger partial charge in [-0.25, -0.2) is 4.39 Å². The van der Waals surface area contributed by atoms with E-state index < -0.39 is 12.1 Å². The Balaban J connectivity index is 1.64. The van der Waals surface area contributed by atoms with Crippen LogP contribution in [-0.4, -0.2) is 28.1 Å². The second kappa shape index (κ2) is 9.91. The third-order valence-electron chi connectivity index (χ3n) is 4.74. The molecule has 1 aromatic heterocycles. The lowest BCUT2D eigenvalue weighted by Gasteiger charge is -2.20. The molecule has 4 N–H and O–H groups in total. The van der Waals surface area contributed by atoms with Gasteiger partial charge in [-0.05, 0) is 35.7 Å². The number of nitrogens with one attached hydrogen (secondary N) is 1. The first kappa shape index (κ1) is 20.6. The quantitative estimate of drug-likeness (QED) is 0.549. The summed E-state index contributed by atoms with van der Waals surface area (Å²) in [6.07, 6.45) is 0.893. The molecular weight excluding hydrogens is 369 g/mol. The van der Waals surface area contributed by atoms with Crippen LogP contribution in [0.15, 0.2) is 72.9 Å². The van der Waals surface area contributed by atoms with Crippen molar-refractivity contribution in [2.75, 3.05) is 0 Å². The molecule has 0 bridgehead atoms. The van der Waals surface area contributed by atoms with E-state index in [1.165, 1.54) is 6.07 Å². The molecular formula is C23H24FN3O2. The van der Waals surface area contributed by atoms with Gasteiger partial charge in [0.2, 0.25) is 0 Å². The minimum absolute atomic E-state index is 0.102. The van der Waals surface area contributed by atoms with Gasteiger partial charge in [-0.3, -0.25) is 9.78 Å². The van der Waals surface area contributed by atoms with E-state index in [1.807, 2.05) is 30.3 Å². The number of hydrogen-bond donors (Lipinski definition) is 3. The Bertz CT molecular complexity index is 950. The number of pyridine rings is 1. The van der Waals surface area contributed by atoms with Crippen LogP contribution in [0.2, 0.25) is 0 Å². The van der Waals surface area contributed by atoms with E-state index in [4.69, 9.17) is 5.73 Å². The van der Waals surface area contributed by atoms with Crippen molar-refractivity contribution in [3.8, 4) is 0 Å². The highest BCUT2D eigenvalue weighted by Crippen LogP contribution is 2.14. The molecule has 0 radical (unpaired) electrons. The third-order valence-corrected chi connectivity index (χ3v) is 4.74. The second-order valence-electron chi connectivity index (χ2n) is 6.90. The van der Waals surface area contributed by atoms with Crippen LogP contribution in [0.25, 0.3) is 0 Å². The van der Waals surface area contributed by atoms with Crippen LogP contribution in [0.5, 0.6) is 0 Å². The molecule has 2 unspecified atom stereocenters. The summed E-state index contributed by atoms with van der Waals surface area (Å²) < 4.78 is 13.8. The number of rotatable bonds is 8. The zero-order chi connectivity index (χ0) is 20.6. The van der Waals surface area contributed by atoms with Crippen molar-refractivity contribution in [1.29, 1.82) is 0 Å². The predicted octanol–water partition coefficient (Wildman–Crippen LogP) is 2.62. The van der Waals surface area contributed by atoms with Crippen LogP contribution < -0.4 is 11.1 Å². The van der Waals surface area contributed by atoms with Gasteiger partial charge in [0.25, 0.3) is 5.91 Å². The number of hydrogen-bond acceptors (Lipinski definition) is 4. The van der Waals surface area contributed by atoms with Gasteiger partial charge in [-0.2, -0.15) is 0 Å². The topological polar surface area (TPSA) is 88.2 Å². The van der Waals surface area contributed by atoms with Crippen LogP contribution in [0.1, 0.15) is 27.2 Å². The van der Waals surface area contributed by atoms with Gasteiger partial charge in [0, 0.05) is 25.2 Å². The van der Waals surface area contributed by atoms with Crippen molar-refractivity contribution in [3.63, 3.8) is 0 Å². The monoisotopic (exact) mass is 393 g/mol. The highest BCUT2D eigenvalue weighted by atomic mass is 19.1. The molecule has 150 valence electrons. The first-order chi connectivity index (χ1) is 14.0. The number of nitrogens with zero attached hydrogens (tertiary/aromatic N) is 1. The smallest absolute Gasteiger partial charge is 0.253 e. The molecule has 0 aliphatic heterocycles. The van der Waals surface area contributed by atoms with Gasteiger partial charge in [-0.15, -0.1) is 0 Å². The SMILES string of the molecule is NC(Cc1ccccc1F)C(O)Cc1ncccc1C(=O)NCc1ccccc1. The predicted molar refractivity (Wildman–Crippen MR) is 110 cm³/mol. The summed E-state index contributed by atoms with van der Waals surface area (Å²) in [6, 6.07) is 18.6. The molecule has 6 heteroatoms. The van der Waals surface area contributed by atoms with E-state index in [0.717, 1.165) is 5.56 Å². The summed E-state index contributed by atoms with van der Waals surface area (Å²) in [5.41, 5.74) is 8.35. The number of nitrogens with two attached hydrogens (primary N) is 1. The molecule has 5 nitrogen and oxygen atoms in total. The fourth-order valence-corrected chi connectivity index (χ4v) is 3.08. The van der Waals surface area contributed by atoms with E-state index in [-0.39, 0.29) is 24.6 Å². The Morgan fingerprint density at radius 3 is 2.52 bits per heavy atom. The zero-order valence-corrected chi connectivity index (χ0v) is 16.0. The molecule has 29 heavy (non-hydrogen) atoms. The van der Waals surface area contributed by atoms with Crippen molar-refractivity contribution in [2.45, 2.75) is 31.5 Å².